The SMILES string of the molecule is CC(C)(c1ccc(S(C)(=O)=O)cc1)c1cnc(SCc2ccc(Cl)c(-c3nn[nH]n3)c2)n1-c1ccc(F)cc1. The van der Waals surface area contributed by atoms with Crippen molar-refractivity contribution in [2.75, 3.05) is 6.26 Å². The quantitative estimate of drug-likeness (QED) is 0.228. The van der Waals surface area contributed by atoms with Crippen molar-refractivity contribution in [2.24, 2.45) is 0 Å². The zero-order valence-corrected chi connectivity index (χ0v) is 23.6. The van der Waals surface area contributed by atoms with Gasteiger partial charge >= 0.3 is 0 Å². The van der Waals surface area contributed by atoms with Crippen LogP contribution in [-0.2, 0) is 21.0 Å². The molecule has 0 fully saturated rings. The summed E-state index contributed by atoms with van der Waals surface area (Å²) in [5, 5.41) is 15.3. The number of nitrogens with one attached hydrogen (secondary N) is 1. The summed E-state index contributed by atoms with van der Waals surface area (Å²) in [4.78, 5) is 5.00. The molecule has 39 heavy (non-hydrogen) atoms. The van der Waals surface area contributed by atoms with E-state index in [1.165, 1.54) is 30.2 Å². The highest BCUT2D eigenvalue weighted by atomic mass is 35.5. The summed E-state index contributed by atoms with van der Waals surface area (Å²) in [6.45, 7) is 4.09. The molecule has 0 atom stereocenters. The highest BCUT2D eigenvalue weighted by molar-refractivity contribution is 7.98. The Hall–Kier alpha value is -3.54. The molecule has 0 spiro atoms. The van der Waals surface area contributed by atoms with Crippen molar-refractivity contribution < 1.29 is 12.8 Å². The van der Waals surface area contributed by atoms with Crippen LogP contribution in [0.3, 0.4) is 0 Å². The van der Waals surface area contributed by atoms with Crippen molar-refractivity contribution in [2.45, 2.75) is 35.1 Å². The van der Waals surface area contributed by atoms with Crippen LogP contribution in [0.25, 0.3) is 17.1 Å². The predicted octanol–water partition coefficient (Wildman–Crippen LogP) is 5.87. The van der Waals surface area contributed by atoms with Crippen LogP contribution < -0.4 is 0 Å². The van der Waals surface area contributed by atoms with Gasteiger partial charge in [-0.2, -0.15) is 5.21 Å². The maximum Gasteiger partial charge on any atom is 0.206 e. The number of halogens is 2. The number of nitrogens with zero attached hydrogens (tertiary/aromatic N) is 5. The Labute approximate surface area is 234 Å². The van der Waals surface area contributed by atoms with E-state index >= 15 is 0 Å². The van der Waals surface area contributed by atoms with E-state index in [0.717, 1.165) is 22.5 Å². The van der Waals surface area contributed by atoms with E-state index < -0.39 is 15.3 Å². The molecule has 2 heterocycles. The molecule has 0 aliphatic rings. The first-order chi connectivity index (χ1) is 18.5. The van der Waals surface area contributed by atoms with Crippen molar-refractivity contribution in [3.8, 4) is 17.1 Å². The van der Waals surface area contributed by atoms with Crippen molar-refractivity contribution in [3.05, 3.63) is 101 Å². The molecule has 0 saturated carbocycles. The lowest BCUT2D eigenvalue weighted by molar-refractivity contribution is 0.589. The number of hydrogen-bond acceptors (Lipinski definition) is 7. The summed E-state index contributed by atoms with van der Waals surface area (Å²) in [6, 6.07) is 18.8. The summed E-state index contributed by atoms with van der Waals surface area (Å²) in [7, 11) is -3.31. The summed E-state index contributed by atoms with van der Waals surface area (Å²) >= 11 is 7.88. The zero-order valence-electron chi connectivity index (χ0n) is 21.3. The van der Waals surface area contributed by atoms with Crippen LogP contribution in [0.4, 0.5) is 4.39 Å². The molecule has 0 unspecified atom stereocenters. The molecular formula is C27H24ClFN6O2S2. The second-order valence-corrected chi connectivity index (χ2v) is 12.9. The smallest absolute Gasteiger partial charge is 0.206 e. The molecule has 5 aromatic rings. The Kier molecular flexibility index (Phi) is 7.32. The number of aromatic nitrogens is 6. The third kappa shape index (κ3) is 5.61. The monoisotopic (exact) mass is 582 g/mol. The minimum atomic E-state index is -3.31. The van der Waals surface area contributed by atoms with Crippen molar-refractivity contribution in [1.82, 2.24) is 30.2 Å². The van der Waals surface area contributed by atoms with E-state index in [1.54, 1.807) is 30.3 Å². The normalized spacial score (nSPS) is 12.1. The Bertz CT molecular complexity index is 1720. The van der Waals surface area contributed by atoms with Gasteiger partial charge in [-0.25, -0.2) is 17.8 Å². The Morgan fingerprint density at radius 3 is 2.41 bits per heavy atom. The summed E-state index contributed by atoms with van der Waals surface area (Å²) in [6.07, 6.45) is 2.99. The minimum Gasteiger partial charge on any atom is -0.291 e. The van der Waals surface area contributed by atoms with Crippen LogP contribution in [0.2, 0.25) is 5.02 Å². The molecular weight excluding hydrogens is 559 g/mol. The first kappa shape index (κ1) is 27.0. The van der Waals surface area contributed by atoms with E-state index in [4.69, 9.17) is 16.6 Å². The van der Waals surface area contributed by atoms with Gasteiger partial charge in [0, 0.05) is 28.7 Å². The number of thioether (sulfide) groups is 1. The molecule has 2 aromatic heterocycles. The molecule has 0 bridgehead atoms. The highest BCUT2D eigenvalue weighted by Gasteiger charge is 2.30. The predicted molar refractivity (Wildman–Crippen MR) is 149 cm³/mol. The van der Waals surface area contributed by atoms with Crippen LogP contribution in [0.15, 0.2) is 83.0 Å². The number of H-pyrrole nitrogens is 1. The number of rotatable bonds is 8. The van der Waals surface area contributed by atoms with E-state index in [-0.39, 0.29) is 10.7 Å². The molecule has 200 valence electrons. The van der Waals surface area contributed by atoms with E-state index in [9.17, 15) is 12.8 Å². The third-order valence-corrected chi connectivity index (χ3v) is 8.93. The van der Waals surface area contributed by atoms with Crippen molar-refractivity contribution >= 4 is 33.2 Å². The number of sulfone groups is 1. The average molecular weight is 583 g/mol. The number of tetrazole rings is 1. The van der Waals surface area contributed by atoms with Crippen molar-refractivity contribution in [3.63, 3.8) is 0 Å². The summed E-state index contributed by atoms with van der Waals surface area (Å²) in [5.41, 5.74) is 3.64. The van der Waals surface area contributed by atoms with E-state index in [1.807, 2.05) is 48.9 Å². The molecule has 0 aliphatic carbocycles. The summed E-state index contributed by atoms with van der Waals surface area (Å²) < 4.78 is 39.7. The van der Waals surface area contributed by atoms with Gasteiger partial charge in [-0.05, 0) is 64.9 Å². The van der Waals surface area contributed by atoms with Crippen LogP contribution in [-0.4, -0.2) is 44.8 Å². The molecule has 5 rings (SSSR count). The topological polar surface area (TPSA) is 106 Å². The van der Waals surface area contributed by atoms with Gasteiger partial charge < -0.3 is 0 Å². The van der Waals surface area contributed by atoms with Gasteiger partial charge in [-0.3, -0.25) is 4.57 Å². The highest BCUT2D eigenvalue weighted by Crippen LogP contribution is 2.37. The minimum absolute atomic E-state index is 0.258. The molecule has 12 heteroatoms. The Morgan fingerprint density at radius 2 is 1.77 bits per heavy atom. The average Bonchev–Trinajstić information content (AvgIpc) is 3.59. The molecule has 0 saturated heterocycles. The van der Waals surface area contributed by atoms with Gasteiger partial charge in [0.2, 0.25) is 5.82 Å². The van der Waals surface area contributed by atoms with E-state index in [0.29, 0.717) is 27.3 Å². The fourth-order valence-electron chi connectivity index (χ4n) is 4.24. The second kappa shape index (κ2) is 10.6. The lowest BCUT2D eigenvalue weighted by Crippen LogP contribution is -2.23. The molecule has 1 N–H and O–H groups in total. The van der Waals surface area contributed by atoms with Crippen molar-refractivity contribution in [1.29, 1.82) is 0 Å². The molecule has 0 amide bonds. The fourth-order valence-corrected chi connectivity index (χ4v) is 6.01. The zero-order chi connectivity index (χ0) is 27.8. The van der Waals surface area contributed by atoms with Crippen LogP contribution >= 0.6 is 23.4 Å². The largest absolute Gasteiger partial charge is 0.291 e. The number of aromatic amines is 1. The second-order valence-electron chi connectivity index (χ2n) is 9.50. The first-order valence-corrected chi connectivity index (χ1v) is 15.1. The molecule has 3 aromatic carbocycles. The van der Waals surface area contributed by atoms with E-state index in [2.05, 4.69) is 20.6 Å². The summed E-state index contributed by atoms with van der Waals surface area (Å²) in [5.74, 6) is 0.648. The maximum absolute atomic E-state index is 13.8. The Balaban J connectivity index is 1.52. The van der Waals surface area contributed by atoms with Gasteiger partial charge in [0.15, 0.2) is 15.0 Å². The number of imidazole rings is 1. The lowest BCUT2D eigenvalue weighted by Gasteiger charge is -2.27. The first-order valence-electron chi connectivity index (χ1n) is 11.8. The van der Waals surface area contributed by atoms with Gasteiger partial charge in [0.1, 0.15) is 5.82 Å². The molecule has 8 nitrogen and oxygen atoms in total. The number of hydrogen-bond donors (Lipinski definition) is 1. The molecule has 0 aliphatic heterocycles. The Morgan fingerprint density at radius 1 is 1.05 bits per heavy atom. The fraction of sp³-hybridized carbons (Fsp3) is 0.185. The molecule has 0 radical (unpaired) electrons. The number of benzene rings is 3. The van der Waals surface area contributed by atoms with Crippen LogP contribution in [0.5, 0.6) is 0 Å². The lowest BCUT2D eigenvalue weighted by atomic mass is 9.81. The van der Waals surface area contributed by atoms with Crippen LogP contribution in [0, 0.1) is 5.82 Å². The van der Waals surface area contributed by atoms with Gasteiger partial charge in [-0.15, -0.1) is 10.2 Å². The standard InChI is InChI=1S/C27H24ClFN6O2S2/c1-27(2,18-5-11-21(12-6-18)39(3,36)37)24-15-30-26(35(24)20-9-7-19(29)8-10-20)38-16-17-4-13-23(28)22(14-17)25-31-33-34-32-25/h4-15H,16H2,1-3H3,(H,31,32,33,34). The van der Waals surface area contributed by atoms with Gasteiger partial charge in [0.25, 0.3) is 0 Å². The maximum atomic E-state index is 13.8. The van der Waals surface area contributed by atoms with Gasteiger partial charge in [-0.1, -0.05) is 55.4 Å². The van der Waals surface area contributed by atoms with Crippen LogP contribution in [0.1, 0.15) is 30.7 Å². The van der Waals surface area contributed by atoms with Gasteiger partial charge in [0.05, 0.1) is 21.8 Å². The third-order valence-electron chi connectivity index (χ3n) is 6.44.